The lowest BCUT2D eigenvalue weighted by Gasteiger charge is -2.36. The van der Waals surface area contributed by atoms with Crippen LogP contribution >= 0.6 is 0 Å². The van der Waals surface area contributed by atoms with Crippen LogP contribution in [0.2, 0.25) is 0 Å². The smallest absolute Gasteiger partial charge is 0.341 e. The number of nitrogens with one attached hydrogen (secondary N) is 1. The van der Waals surface area contributed by atoms with E-state index in [0.717, 1.165) is 24.0 Å². The van der Waals surface area contributed by atoms with Gasteiger partial charge in [0, 0.05) is 11.6 Å². The molecule has 1 aliphatic rings. The molecule has 0 unspecified atom stereocenters. The van der Waals surface area contributed by atoms with Gasteiger partial charge in [-0.1, -0.05) is 30.3 Å². The summed E-state index contributed by atoms with van der Waals surface area (Å²) in [7, 11) is 0. The molecular weight excluding hydrogens is 330 g/mol. The molecule has 0 aliphatic heterocycles. The van der Waals surface area contributed by atoms with E-state index in [4.69, 9.17) is 9.84 Å². The fourth-order valence-corrected chi connectivity index (χ4v) is 3.44. The topological polar surface area (TPSA) is 75.6 Å². The molecule has 0 atom stereocenters. The van der Waals surface area contributed by atoms with Crippen molar-refractivity contribution in [1.29, 1.82) is 0 Å². The summed E-state index contributed by atoms with van der Waals surface area (Å²) in [6.45, 7) is 3.24. The van der Waals surface area contributed by atoms with Crippen LogP contribution in [-0.4, -0.2) is 29.6 Å². The summed E-state index contributed by atoms with van der Waals surface area (Å²) in [4.78, 5) is 23.2. The number of amides is 1. The molecule has 1 amide bonds. The normalized spacial score (nSPS) is 18.7. The van der Waals surface area contributed by atoms with Crippen LogP contribution in [0.15, 0.2) is 42.5 Å². The maximum atomic E-state index is 12.5. The van der Waals surface area contributed by atoms with Gasteiger partial charge in [0.15, 0.2) is 6.61 Å². The lowest BCUT2D eigenvalue weighted by molar-refractivity contribution is -0.139. The molecule has 2 aromatic carbocycles. The van der Waals surface area contributed by atoms with Crippen LogP contribution < -0.4 is 10.1 Å². The maximum Gasteiger partial charge on any atom is 0.341 e. The monoisotopic (exact) mass is 353 g/mol. The number of carbonyl (C=O) groups excluding carboxylic acids is 1. The van der Waals surface area contributed by atoms with Crippen LogP contribution in [0.3, 0.4) is 0 Å². The molecule has 1 aliphatic carbocycles. The minimum atomic E-state index is -1.02. The highest BCUT2D eigenvalue weighted by Gasteiger charge is 2.31. The minimum Gasteiger partial charge on any atom is -0.481 e. The Morgan fingerprint density at radius 3 is 2.31 bits per heavy atom. The summed E-state index contributed by atoms with van der Waals surface area (Å²) in [5.74, 6) is -0.0884. The second kappa shape index (κ2) is 7.60. The van der Waals surface area contributed by atoms with E-state index < -0.39 is 12.6 Å². The molecule has 0 spiro atoms. The van der Waals surface area contributed by atoms with Crippen molar-refractivity contribution >= 4 is 11.9 Å². The number of aliphatic carboxylic acids is 1. The molecule has 0 aromatic heterocycles. The van der Waals surface area contributed by atoms with Gasteiger partial charge in [-0.2, -0.15) is 0 Å². The predicted octanol–water partition coefficient (Wildman–Crippen LogP) is 3.44. The molecule has 1 fully saturated rings. The third-order valence-electron chi connectivity index (χ3n) is 4.81. The van der Waals surface area contributed by atoms with Crippen LogP contribution in [0.25, 0.3) is 0 Å². The molecular formula is C21H23NO4. The van der Waals surface area contributed by atoms with Crippen molar-refractivity contribution in [3.05, 3.63) is 64.7 Å². The molecule has 2 N–H and O–H groups in total. The van der Waals surface area contributed by atoms with Crippen molar-refractivity contribution in [2.45, 2.75) is 38.6 Å². The first-order chi connectivity index (χ1) is 12.4. The summed E-state index contributed by atoms with van der Waals surface area (Å²) < 4.78 is 5.31. The Kier molecular flexibility index (Phi) is 5.26. The first kappa shape index (κ1) is 18.0. The fraction of sp³-hybridized carbons (Fsp3) is 0.333. The largest absolute Gasteiger partial charge is 0.481 e. The molecule has 3 rings (SSSR count). The highest BCUT2D eigenvalue weighted by atomic mass is 16.5. The fourth-order valence-electron chi connectivity index (χ4n) is 3.44. The Morgan fingerprint density at radius 2 is 1.73 bits per heavy atom. The second-order valence-electron chi connectivity index (χ2n) is 6.87. The lowest BCUT2D eigenvalue weighted by Crippen LogP contribution is -2.43. The third-order valence-corrected chi connectivity index (χ3v) is 4.81. The van der Waals surface area contributed by atoms with Crippen molar-refractivity contribution in [2.24, 2.45) is 0 Å². The Morgan fingerprint density at radius 1 is 1.12 bits per heavy atom. The average Bonchev–Trinajstić information content (AvgIpc) is 2.57. The van der Waals surface area contributed by atoms with Crippen molar-refractivity contribution in [3.8, 4) is 5.75 Å². The minimum absolute atomic E-state index is 0.0995. The molecule has 26 heavy (non-hydrogen) atoms. The van der Waals surface area contributed by atoms with Crippen molar-refractivity contribution in [3.63, 3.8) is 0 Å². The first-order valence-corrected chi connectivity index (χ1v) is 8.75. The van der Waals surface area contributed by atoms with E-state index in [9.17, 15) is 9.59 Å². The van der Waals surface area contributed by atoms with Crippen LogP contribution in [0.5, 0.6) is 5.75 Å². The van der Waals surface area contributed by atoms with Gasteiger partial charge in [-0.15, -0.1) is 0 Å². The van der Waals surface area contributed by atoms with Gasteiger partial charge in [-0.05, 0) is 61.4 Å². The number of hydrogen-bond donors (Lipinski definition) is 2. The van der Waals surface area contributed by atoms with Gasteiger partial charge in [0.1, 0.15) is 5.75 Å². The Bertz CT molecular complexity index is 787. The zero-order chi connectivity index (χ0) is 18.7. The highest BCUT2D eigenvalue weighted by Crippen LogP contribution is 2.37. The first-order valence-electron chi connectivity index (χ1n) is 8.75. The van der Waals surface area contributed by atoms with E-state index in [2.05, 4.69) is 17.4 Å². The van der Waals surface area contributed by atoms with Crippen molar-refractivity contribution < 1.29 is 19.4 Å². The number of carbonyl (C=O) groups is 2. The number of aryl methyl sites for hydroxylation is 2. The van der Waals surface area contributed by atoms with E-state index in [1.807, 2.05) is 32.0 Å². The van der Waals surface area contributed by atoms with Crippen LogP contribution in [0.4, 0.5) is 0 Å². The number of ether oxygens (including phenoxy) is 1. The van der Waals surface area contributed by atoms with Gasteiger partial charge in [0.05, 0.1) is 0 Å². The van der Waals surface area contributed by atoms with Gasteiger partial charge < -0.3 is 15.2 Å². The van der Waals surface area contributed by atoms with E-state index in [1.54, 1.807) is 12.1 Å². The van der Waals surface area contributed by atoms with E-state index in [1.165, 1.54) is 5.56 Å². The summed E-state index contributed by atoms with van der Waals surface area (Å²) in [6.07, 6.45) is 1.90. The molecule has 0 bridgehead atoms. The maximum absolute atomic E-state index is 12.5. The van der Waals surface area contributed by atoms with Crippen LogP contribution in [-0.2, 0) is 4.79 Å². The molecule has 0 saturated heterocycles. The molecule has 1 saturated carbocycles. The van der Waals surface area contributed by atoms with Crippen molar-refractivity contribution in [1.82, 2.24) is 5.32 Å². The van der Waals surface area contributed by atoms with E-state index in [0.29, 0.717) is 17.2 Å². The Balaban J connectivity index is 1.59. The number of carboxylic acids is 1. The van der Waals surface area contributed by atoms with Gasteiger partial charge in [-0.3, -0.25) is 4.79 Å². The number of carboxylic acid groups (broad SMARTS) is 1. The van der Waals surface area contributed by atoms with Crippen LogP contribution in [0.1, 0.15) is 45.8 Å². The van der Waals surface area contributed by atoms with E-state index >= 15 is 0 Å². The standard InChI is InChI=1S/C21H23NO4/c1-13-8-17(9-14(2)20(13)26-12-19(23)24)21(25)22-18-10-16(11-18)15-6-4-3-5-7-15/h3-9,16,18H,10-12H2,1-2H3,(H,22,25)(H,23,24). The number of hydrogen-bond acceptors (Lipinski definition) is 3. The van der Waals surface area contributed by atoms with Gasteiger partial charge in [-0.25, -0.2) is 4.79 Å². The molecule has 0 heterocycles. The molecule has 5 nitrogen and oxygen atoms in total. The lowest BCUT2D eigenvalue weighted by atomic mass is 9.76. The summed E-state index contributed by atoms with van der Waals surface area (Å²) in [6, 6.07) is 14.0. The Labute approximate surface area is 153 Å². The average molecular weight is 353 g/mol. The second-order valence-corrected chi connectivity index (χ2v) is 6.87. The molecule has 5 heteroatoms. The number of benzene rings is 2. The molecule has 2 aromatic rings. The van der Waals surface area contributed by atoms with Crippen molar-refractivity contribution in [2.75, 3.05) is 6.61 Å². The van der Waals surface area contributed by atoms with Gasteiger partial charge >= 0.3 is 5.97 Å². The SMILES string of the molecule is Cc1cc(C(=O)NC2CC(c3ccccc3)C2)cc(C)c1OCC(=O)O. The zero-order valence-electron chi connectivity index (χ0n) is 15.0. The molecule has 0 radical (unpaired) electrons. The molecule has 136 valence electrons. The summed E-state index contributed by atoms with van der Waals surface area (Å²) >= 11 is 0. The quantitative estimate of drug-likeness (QED) is 0.834. The predicted molar refractivity (Wildman–Crippen MR) is 98.7 cm³/mol. The highest BCUT2D eigenvalue weighted by molar-refractivity contribution is 5.95. The van der Waals surface area contributed by atoms with Gasteiger partial charge in [0.2, 0.25) is 0 Å². The van der Waals surface area contributed by atoms with Gasteiger partial charge in [0.25, 0.3) is 5.91 Å². The Hall–Kier alpha value is -2.82. The van der Waals surface area contributed by atoms with Crippen LogP contribution in [0, 0.1) is 13.8 Å². The third kappa shape index (κ3) is 4.04. The summed E-state index contributed by atoms with van der Waals surface area (Å²) in [5.41, 5.74) is 3.41. The zero-order valence-corrected chi connectivity index (χ0v) is 15.0. The summed E-state index contributed by atoms with van der Waals surface area (Å²) in [5, 5.41) is 11.8. The van der Waals surface area contributed by atoms with E-state index in [-0.39, 0.29) is 11.9 Å². The number of rotatable bonds is 6.